The van der Waals surface area contributed by atoms with E-state index in [1.165, 1.54) is 12.8 Å². The van der Waals surface area contributed by atoms with Crippen molar-refractivity contribution in [1.29, 1.82) is 0 Å². The Kier molecular flexibility index (Phi) is 4.86. The number of nitrogens with one attached hydrogen (secondary N) is 1. The number of urea groups is 1. The lowest BCUT2D eigenvalue weighted by Crippen LogP contribution is -2.34. The molecule has 2 aromatic heterocycles. The highest BCUT2D eigenvalue weighted by Gasteiger charge is 2.29. The van der Waals surface area contributed by atoms with E-state index >= 15 is 0 Å². The van der Waals surface area contributed by atoms with Gasteiger partial charge in [0.1, 0.15) is 11.9 Å². The fourth-order valence-corrected chi connectivity index (χ4v) is 3.45. The first-order chi connectivity index (χ1) is 12.8. The molecule has 136 valence electrons. The fraction of sp³-hybridized carbons (Fsp3) is 0.421. The molecule has 4 rings (SSSR count). The predicted octanol–water partition coefficient (Wildman–Crippen LogP) is 2.76. The Hall–Kier alpha value is -2.83. The van der Waals surface area contributed by atoms with Crippen LogP contribution in [0.25, 0.3) is 0 Å². The van der Waals surface area contributed by atoms with Gasteiger partial charge in [0.05, 0.1) is 6.54 Å². The average Bonchev–Trinajstić information content (AvgIpc) is 3.35. The molecule has 2 aromatic rings. The Bertz CT molecular complexity index is 749. The molecule has 2 aliphatic heterocycles. The molecule has 0 unspecified atom stereocenters. The predicted molar refractivity (Wildman–Crippen MR) is 99.5 cm³/mol. The number of likely N-dealkylation sites (tertiary alicyclic amines) is 1. The molecule has 0 aliphatic carbocycles. The van der Waals surface area contributed by atoms with Crippen molar-refractivity contribution in [2.75, 3.05) is 36.4 Å². The van der Waals surface area contributed by atoms with Gasteiger partial charge in [-0.3, -0.25) is 5.32 Å². The summed E-state index contributed by atoms with van der Waals surface area (Å²) >= 11 is 0. The van der Waals surface area contributed by atoms with Crippen molar-refractivity contribution >= 4 is 17.7 Å². The third kappa shape index (κ3) is 3.71. The van der Waals surface area contributed by atoms with Gasteiger partial charge in [0.15, 0.2) is 11.6 Å². The van der Waals surface area contributed by atoms with Gasteiger partial charge in [-0.25, -0.2) is 14.8 Å². The minimum absolute atomic E-state index is 0.0185. The Morgan fingerprint density at radius 2 is 1.92 bits per heavy atom. The van der Waals surface area contributed by atoms with E-state index in [1.807, 2.05) is 30.5 Å². The van der Waals surface area contributed by atoms with Crippen molar-refractivity contribution in [1.82, 2.24) is 14.9 Å². The van der Waals surface area contributed by atoms with Crippen LogP contribution in [0.5, 0.6) is 5.75 Å². The van der Waals surface area contributed by atoms with Gasteiger partial charge in [0.25, 0.3) is 0 Å². The molecular weight excluding hydrogens is 330 g/mol. The number of anilines is 2. The number of aromatic nitrogens is 2. The maximum atomic E-state index is 12.4. The Morgan fingerprint density at radius 3 is 2.73 bits per heavy atom. The number of hydrogen-bond acceptors (Lipinski definition) is 5. The van der Waals surface area contributed by atoms with Crippen molar-refractivity contribution in [2.45, 2.75) is 25.4 Å². The number of amides is 2. The third-order valence-electron chi connectivity index (χ3n) is 4.78. The monoisotopic (exact) mass is 353 g/mol. The first-order valence-corrected chi connectivity index (χ1v) is 9.13. The van der Waals surface area contributed by atoms with Crippen LogP contribution >= 0.6 is 0 Å². The minimum Gasteiger partial charge on any atom is -0.485 e. The van der Waals surface area contributed by atoms with Crippen LogP contribution in [0.3, 0.4) is 0 Å². The van der Waals surface area contributed by atoms with Gasteiger partial charge in [0, 0.05) is 38.4 Å². The molecule has 2 saturated heterocycles. The summed E-state index contributed by atoms with van der Waals surface area (Å²) in [5.41, 5.74) is 0. The highest BCUT2D eigenvalue weighted by Crippen LogP contribution is 2.30. The molecule has 26 heavy (non-hydrogen) atoms. The normalized spacial score (nSPS) is 19.6. The van der Waals surface area contributed by atoms with Crippen LogP contribution in [0.2, 0.25) is 0 Å². The summed E-state index contributed by atoms with van der Waals surface area (Å²) in [6.45, 7) is 3.28. The van der Waals surface area contributed by atoms with E-state index < -0.39 is 0 Å². The van der Waals surface area contributed by atoms with Gasteiger partial charge in [-0.1, -0.05) is 6.07 Å². The van der Waals surface area contributed by atoms with E-state index in [-0.39, 0.29) is 12.1 Å². The Balaban J connectivity index is 1.37. The van der Waals surface area contributed by atoms with E-state index in [2.05, 4.69) is 20.2 Å². The highest BCUT2D eigenvalue weighted by atomic mass is 16.5. The zero-order valence-electron chi connectivity index (χ0n) is 14.7. The van der Waals surface area contributed by atoms with Gasteiger partial charge in [-0.05, 0) is 37.1 Å². The van der Waals surface area contributed by atoms with Crippen LogP contribution in [0, 0.1) is 0 Å². The van der Waals surface area contributed by atoms with Gasteiger partial charge in [-0.2, -0.15) is 0 Å². The number of hydrogen-bond donors (Lipinski definition) is 1. The Labute approximate surface area is 153 Å². The van der Waals surface area contributed by atoms with E-state index in [4.69, 9.17) is 4.74 Å². The summed E-state index contributed by atoms with van der Waals surface area (Å²) in [6, 6.07) is 9.18. The van der Waals surface area contributed by atoms with Crippen molar-refractivity contribution in [3.8, 4) is 5.75 Å². The molecular formula is C19H23N5O2. The van der Waals surface area contributed by atoms with Crippen LogP contribution in [0.15, 0.2) is 42.7 Å². The number of rotatable bonds is 4. The largest absolute Gasteiger partial charge is 0.485 e. The number of ether oxygens (including phenoxy) is 1. The lowest BCUT2D eigenvalue weighted by Gasteiger charge is -2.22. The molecule has 2 amide bonds. The van der Waals surface area contributed by atoms with E-state index in [0.717, 1.165) is 31.1 Å². The van der Waals surface area contributed by atoms with Crippen LogP contribution in [-0.4, -0.2) is 53.2 Å². The van der Waals surface area contributed by atoms with Gasteiger partial charge in [0.2, 0.25) is 0 Å². The first kappa shape index (κ1) is 16.6. The molecule has 7 nitrogen and oxygen atoms in total. The summed E-state index contributed by atoms with van der Waals surface area (Å²) in [6.07, 6.45) is 6.65. The van der Waals surface area contributed by atoms with Crippen molar-refractivity contribution in [3.63, 3.8) is 0 Å². The highest BCUT2D eigenvalue weighted by molar-refractivity contribution is 5.88. The van der Waals surface area contributed by atoms with Gasteiger partial charge < -0.3 is 14.5 Å². The average molecular weight is 353 g/mol. The lowest BCUT2D eigenvalue weighted by molar-refractivity contribution is 0.194. The topological polar surface area (TPSA) is 70.6 Å². The molecule has 1 atom stereocenters. The molecule has 0 spiro atoms. The van der Waals surface area contributed by atoms with Crippen molar-refractivity contribution < 1.29 is 9.53 Å². The summed E-state index contributed by atoms with van der Waals surface area (Å²) in [5, 5.41) is 2.82. The van der Waals surface area contributed by atoms with Crippen LogP contribution < -0.4 is 15.0 Å². The zero-order chi connectivity index (χ0) is 17.8. The maximum absolute atomic E-state index is 12.4. The molecule has 0 aromatic carbocycles. The SMILES string of the molecule is O=C(Nc1ccccn1)N1CC[C@H](Oc2cccnc2N2CCCC2)C1. The quantitative estimate of drug-likeness (QED) is 0.915. The van der Waals surface area contributed by atoms with E-state index in [1.54, 1.807) is 17.2 Å². The zero-order valence-corrected chi connectivity index (χ0v) is 14.7. The number of carbonyl (C=O) groups is 1. The van der Waals surface area contributed by atoms with Crippen LogP contribution in [0.4, 0.5) is 16.4 Å². The summed E-state index contributed by atoms with van der Waals surface area (Å²) in [5.74, 6) is 2.29. The van der Waals surface area contributed by atoms with Gasteiger partial charge in [-0.15, -0.1) is 0 Å². The second kappa shape index (κ2) is 7.59. The summed E-state index contributed by atoms with van der Waals surface area (Å²) in [4.78, 5) is 25.1. The number of nitrogens with zero attached hydrogens (tertiary/aromatic N) is 4. The van der Waals surface area contributed by atoms with Crippen LogP contribution in [0.1, 0.15) is 19.3 Å². The lowest BCUT2D eigenvalue weighted by atomic mass is 10.3. The molecule has 1 N–H and O–H groups in total. The summed E-state index contributed by atoms with van der Waals surface area (Å²) < 4.78 is 6.21. The first-order valence-electron chi connectivity index (χ1n) is 9.13. The van der Waals surface area contributed by atoms with Gasteiger partial charge >= 0.3 is 6.03 Å². The summed E-state index contributed by atoms with van der Waals surface area (Å²) in [7, 11) is 0. The molecule has 0 bridgehead atoms. The second-order valence-electron chi connectivity index (χ2n) is 6.64. The van der Waals surface area contributed by atoms with Crippen molar-refractivity contribution in [2.24, 2.45) is 0 Å². The smallest absolute Gasteiger partial charge is 0.323 e. The van der Waals surface area contributed by atoms with Crippen molar-refractivity contribution in [3.05, 3.63) is 42.7 Å². The second-order valence-corrected chi connectivity index (χ2v) is 6.64. The molecule has 0 radical (unpaired) electrons. The molecule has 0 saturated carbocycles. The standard InChI is InChI=1S/C19H23N5O2/c25-19(22-17-7-1-2-9-20-17)24-13-8-15(14-24)26-16-6-5-10-21-18(16)23-11-3-4-12-23/h1-2,5-7,9-10,15H,3-4,8,11-14H2,(H,20,22,25)/t15-/m0/s1. The number of pyridine rings is 2. The van der Waals surface area contributed by atoms with E-state index in [9.17, 15) is 4.79 Å². The third-order valence-corrected chi connectivity index (χ3v) is 4.78. The molecule has 2 fully saturated rings. The molecule has 4 heterocycles. The minimum atomic E-state index is -0.138. The Morgan fingerprint density at radius 1 is 1.08 bits per heavy atom. The molecule has 7 heteroatoms. The molecule has 2 aliphatic rings. The maximum Gasteiger partial charge on any atom is 0.323 e. The van der Waals surface area contributed by atoms with Crippen LogP contribution in [-0.2, 0) is 0 Å². The number of carbonyl (C=O) groups excluding carboxylic acids is 1. The van der Waals surface area contributed by atoms with E-state index in [0.29, 0.717) is 18.9 Å². The fourth-order valence-electron chi connectivity index (χ4n) is 3.45.